The largest absolute Gasteiger partial charge is 0.388 e. The van der Waals surface area contributed by atoms with E-state index in [-0.39, 0.29) is 58.5 Å². The molecule has 10 atom stereocenters. The number of alkyl halides is 1. The molecule has 5 fully saturated rings. The normalized spacial score (nSPS) is 52.7. The van der Waals surface area contributed by atoms with Crippen LogP contribution in [0.2, 0.25) is 0 Å². The molecule has 5 aliphatic heterocycles. The summed E-state index contributed by atoms with van der Waals surface area (Å²) in [5.41, 5.74) is -2.35. The summed E-state index contributed by atoms with van der Waals surface area (Å²) in [5.74, 6) is 0. The second-order valence-electron chi connectivity index (χ2n) is 14.7. The first-order valence-corrected chi connectivity index (χ1v) is 15.7. The third kappa shape index (κ3) is 5.22. The van der Waals surface area contributed by atoms with Gasteiger partial charge in [-0.2, -0.15) is 0 Å². The molecule has 0 amide bonds. The minimum absolute atomic E-state index is 0.0253. The fourth-order valence-corrected chi connectivity index (χ4v) is 8.19. The summed E-state index contributed by atoms with van der Waals surface area (Å²) >= 11 is 3.87. The van der Waals surface area contributed by atoms with Gasteiger partial charge in [-0.1, -0.05) is 15.9 Å². The molecule has 37 heavy (non-hydrogen) atoms. The molecular weight excluding hydrogens is 536 g/mol. The van der Waals surface area contributed by atoms with Gasteiger partial charge in [0.2, 0.25) is 0 Å². The van der Waals surface area contributed by atoms with Crippen molar-refractivity contribution < 1.29 is 28.8 Å². The minimum atomic E-state index is -0.833. The van der Waals surface area contributed by atoms with Crippen molar-refractivity contribution >= 4 is 15.9 Å². The average Bonchev–Trinajstić information content (AvgIpc) is 3.52. The summed E-state index contributed by atoms with van der Waals surface area (Å²) in [4.78, 5) is 0.321. The van der Waals surface area contributed by atoms with E-state index in [1.165, 1.54) is 0 Å². The van der Waals surface area contributed by atoms with Crippen LogP contribution in [0.4, 0.5) is 0 Å². The van der Waals surface area contributed by atoms with Crippen LogP contribution in [0.1, 0.15) is 120 Å². The standard InChI is InChI=1S/C30H51BrO6/c1-25(2,32)20-12-16-28(6,35-20)23-13-17-27(5,36-23)21-9-10-22(33-21)29(7)18-14-24-30(8,37-29)15-11-19(31)26(3,4)34-24/h19-24,32H,9-18H2,1-8H3. The number of halogens is 1. The first kappa shape index (κ1) is 28.8. The molecule has 0 aromatic rings. The Kier molecular flexibility index (Phi) is 7.30. The van der Waals surface area contributed by atoms with Crippen molar-refractivity contribution in [1.82, 2.24) is 0 Å². The van der Waals surface area contributed by atoms with Gasteiger partial charge in [0.15, 0.2) is 0 Å². The quantitative estimate of drug-likeness (QED) is 0.394. The van der Waals surface area contributed by atoms with Crippen LogP contribution in [0.3, 0.4) is 0 Å². The van der Waals surface area contributed by atoms with E-state index in [9.17, 15) is 5.11 Å². The van der Waals surface area contributed by atoms with E-state index in [0.29, 0.717) is 4.83 Å². The number of hydrogen-bond donors (Lipinski definition) is 1. The number of rotatable bonds is 4. The molecule has 0 radical (unpaired) electrons. The topological polar surface area (TPSA) is 66.4 Å². The highest BCUT2D eigenvalue weighted by molar-refractivity contribution is 9.09. The highest BCUT2D eigenvalue weighted by atomic mass is 79.9. The molecule has 0 saturated carbocycles. The van der Waals surface area contributed by atoms with Crippen LogP contribution in [-0.2, 0) is 23.7 Å². The van der Waals surface area contributed by atoms with Crippen LogP contribution in [-0.4, -0.2) is 74.1 Å². The van der Waals surface area contributed by atoms with Crippen molar-refractivity contribution in [3.05, 3.63) is 0 Å². The Balaban J connectivity index is 1.23. The predicted molar refractivity (Wildman–Crippen MR) is 147 cm³/mol. The van der Waals surface area contributed by atoms with Crippen molar-refractivity contribution in [1.29, 1.82) is 0 Å². The molecular formula is C30H51BrO6. The predicted octanol–water partition coefficient (Wildman–Crippen LogP) is 6.23. The molecule has 7 heteroatoms. The van der Waals surface area contributed by atoms with E-state index >= 15 is 0 Å². The van der Waals surface area contributed by atoms with Crippen molar-refractivity contribution in [2.24, 2.45) is 0 Å². The Morgan fingerprint density at radius 1 is 0.622 bits per heavy atom. The van der Waals surface area contributed by atoms with Crippen molar-refractivity contribution in [3.63, 3.8) is 0 Å². The number of hydrogen-bond acceptors (Lipinski definition) is 6. The van der Waals surface area contributed by atoms with Gasteiger partial charge in [-0.15, -0.1) is 0 Å². The molecule has 10 unspecified atom stereocenters. The Morgan fingerprint density at radius 3 is 1.73 bits per heavy atom. The summed E-state index contributed by atoms with van der Waals surface area (Å²) in [6.45, 7) is 17.0. The second-order valence-corrected chi connectivity index (χ2v) is 15.8. The molecule has 5 rings (SSSR count). The fourth-order valence-electron chi connectivity index (χ4n) is 7.85. The maximum atomic E-state index is 10.5. The smallest absolute Gasteiger partial charge is 0.0924 e. The molecule has 0 aliphatic carbocycles. The monoisotopic (exact) mass is 586 g/mol. The number of aliphatic hydroxyl groups is 1. The van der Waals surface area contributed by atoms with E-state index in [0.717, 1.165) is 64.2 Å². The molecule has 5 aliphatic rings. The lowest BCUT2D eigenvalue weighted by Gasteiger charge is -2.51. The van der Waals surface area contributed by atoms with E-state index in [2.05, 4.69) is 57.5 Å². The summed E-state index contributed by atoms with van der Waals surface area (Å²) < 4.78 is 33.7. The van der Waals surface area contributed by atoms with Crippen molar-refractivity contribution in [3.8, 4) is 0 Å². The average molecular weight is 588 g/mol. The van der Waals surface area contributed by atoms with E-state index in [1.807, 2.05) is 13.8 Å². The highest BCUT2D eigenvalue weighted by Crippen LogP contribution is 2.52. The van der Waals surface area contributed by atoms with E-state index < -0.39 is 5.60 Å². The van der Waals surface area contributed by atoms with Crippen LogP contribution in [0, 0.1) is 0 Å². The third-order valence-electron chi connectivity index (χ3n) is 10.6. The molecule has 0 aromatic heterocycles. The first-order valence-electron chi connectivity index (χ1n) is 14.7. The Morgan fingerprint density at radius 2 is 1.11 bits per heavy atom. The molecule has 5 heterocycles. The van der Waals surface area contributed by atoms with Gasteiger partial charge in [0, 0.05) is 4.83 Å². The van der Waals surface area contributed by atoms with Gasteiger partial charge >= 0.3 is 0 Å². The summed E-state index contributed by atoms with van der Waals surface area (Å²) in [5, 5.41) is 10.5. The van der Waals surface area contributed by atoms with Crippen LogP contribution in [0.25, 0.3) is 0 Å². The number of ether oxygens (including phenoxy) is 5. The van der Waals surface area contributed by atoms with E-state index in [4.69, 9.17) is 23.7 Å². The van der Waals surface area contributed by atoms with Gasteiger partial charge in [-0.05, 0) is 120 Å². The maximum absolute atomic E-state index is 10.5. The zero-order valence-electron chi connectivity index (χ0n) is 24.4. The van der Waals surface area contributed by atoms with Crippen LogP contribution < -0.4 is 0 Å². The van der Waals surface area contributed by atoms with Gasteiger partial charge in [0.1, 0.15) is 0 Å². The number of fused-ring (bicyclic) bond motifs is 1. The lowest BCUT2D eigenvalue weighted by molar-refractivity contribution is -0.278. The molecule has 214 valence electrons. The molecule has 0 spiro atoms. The summed E-state index contributed by atoms with van der Waals surface area (Å²) in [6.07, 6.45) is 9.74. The lowest BCUT2D eigenvalue weighted by atomic mass is 9.79. The molecule has 5 saturated heterocycles. The van der Waals surface area contributed by atoms with Crippen LogP contribution in [0.5, 0.6) is 0 Å². The Bertz CT molecular complexity index is 859. The van der Waals surface area contributed by atoms with Gasteiger partial charge in [-0.25, -0.2) is 0 Å². The zero-order chi connectivity index (χ0) is 27.1. The summed E-state index contributed by atoms with van der Waals surface area (Å²) in [6, 6.07) is 0. The molecule has 6 nitrogen and oxygen atoms in total. The summed E-state index contributed by atoms with van der Waals surface area (Å²) in [7, 11) is 0. The minimum Gasteiger partial charge on any atom is -0.388 e. The lowest BCUT2D eigenvalue weighted by Crippen LogP contribution is -2.59. The van der Waals surface area contributed by atoms with Gasteiger partial charge in [0.05, 0.1) is 64.1 Å². The van der Waals surface area contributed by atoms with Gasteiger partial charge in [-0.3, -0.25) is 0 Å². The van der Waals surface area contributed by atoms with E-state index in [1.54, 1.807) is 0 Å². The first-order chi connectivity index (χ1) is 17.0. The van der Waals surface area contributed by atoms with Crippen molar-refractivity contribution in [2.45, 2.75) is 189 Å². The Hall–Kier alpha value is 0.240. The highest BCUT2D eigenvalue weighted by Gasteiger charge is 2.58. The van der Waals surface area contributed by atoms with Crippen LogP contribution in [0.15, 0.2) is 0 Å². The SMILES string of the molecule is CC(C)(O)C1CCC(C)(C2CCC(C)(C3CCC(C4(C)CCC5OC(C)(C)C(Br)CCC5(C)O4)O3)O2)O1. The maximum Gasteiger partial charge on any atom is 0.0924 e. The molecule has 0 bridgehead atoms. The molecule has 1 N–H and O–H groups in total. The Labute approximate surface area is 233 Å². The van der Waals surface area contributed by atoms with Gasteiger partial charge in [0.25, 0.3) is 0 Å². The zero-order valence-corrected chi connectivity index (χ0v) is 26.0. The second kappa shape index (κ2) is 9.39. The third-order valence-corrected chi connectivity index (χ3v) is 12.2. The molecule has 0 aromatic carbocycles. The van der Waals surface area contributed by atoms with Crippen molar-refractivity contribution in [2.75, 3.05) is 0 Å². The fraction of sp³-hybridized carbons (Fsp3) is 1.00. The van der Waals surface area contributed by atoms with Crippen LogP contribution >= 0.6 is 15.9 Å². The van der Waals surface area contributed by atoms with Gasteiger partial charge < -0.3 is 28.8 Å².